The molecular weight excluding hydrogens is 503 g/mol. The molecular formula is C22H29N9OS3. The molecule has 0 bridgehead atoms. The van der Waals surface area contributed by atoms with E-state index in [9.17, 15) is 0 Å². The maximum Gasteiger partial charge on any atom is 0.192 e. The van der Waals surface area contributed by atoms with Gasteiger partial charge in [-0.1, -0.05) is 12.1 Å². The zero-order valence-corrected chi connectivity index (χ0v) is 22.0. The molecule has 0 saturated heterocycles. The normalized spacial score (nSPS) is 13.1. The van der Waals surface area contributed by atoms with Crippen molar-refractivity contribution >= 4 is 52.0 Å². The first-order chi connectivity index (χ1) is 16.9. The molecule has 4 rings (SSSR count). The quantitative estimate of drug-likeness (QED) is 0.100. The first kappa shape index (κ1) is 25.3. The van der Waals surface area contributed by atoms with Crippen LogP contribution in [-0.2, 0) is 12.3 Å². The molecule has 186 valence electrons. The highest BCUT2D eigenvalue weighted by Gasteiger charge is 2.14. The fraction of sp³-hybridized carbons (Fsp3) is 0.273. The van der Waals surface area contributed by atoms with Gasteiger partial charge >= 0.3 is 0 Å². The third-order valence-corrected chi connectivity index (χ3v) is 7.16. The number of nitrogens with zero attached hydrogens (tertiary/aromatic N) is 4. The van der Waals surface area contributed by atoms with E-state index in [1.165, 1.54) is 23.5 Å². The molecule has 3 heterocycles. The molecule has 13 heteroatoms. The van der Waals surface area contributed by atoms with E-state index < -0.39 is 0 Å². The number of hydrogen-bond acceptors (Lipinski definition) is 11. The summed E-state index contributed by atoms with van der Waals surface area (Å²) in [5, 5.41) is 12.6. The average Bonchev–Trinajstić information content (AvgIpc) is 3.55. The van der Waals surface area contributed by atoms with Gasteiger partial charge in [0.15, 0.2) is 11.1 Å². The number of nitrogens with two attached hydrogens (primary N) is 1. The monoisotopic (exact) mass is 531 g/mol. The lowest BCUT2D eigenvalue weighted by atomic mass is 10.1. The summed E-state index contributed by atoms with van der Waals surface area (Å²) in [5.74, 6) is 3.74. The number of aromatic nitrogens is 1. The predicted molar refractivity (Wildman–Crippen MR) is 147 cm³/mol. The molecule has 1 aromatic carbocycles. The number of benzene rings is 1. The highest BCUT2D eigenvalue weighted by atomic mass is 32.2. The van der Waals surface area contributed by atoms with Crippen molar-refractivity contribution in [2.45, 2.75) is 12.3 Å². The van der Waals surface area contributed by atoms with Crippen LogP contribution in [0, 0.1) is 5.41 Å². The Morgan fingerprint density at radius 1 is 1.20 bits per heavy atom. The van der Waals surface area contributed by atoms with Gasteiger partial charge in [0, 0.05) is 29.4 Å². The van der Waals surface area contributed by atoms with Gasteiger partial charge < -0.3 is 20.4 Å². The van der Waals surface area contributed by atoms with Crippen molar-refractivity contribution in [3.05, 3.63) is 65.7 Å². The van der Waals surface area contributed by atoms with Crippen molar-refractivity contribution in [3.8, 4) is 11.3 Å². The van der Waals surface area contributed by atoms with E-state index in [1.54, 1.807) is 0 Å². The SMILES string of the molecule is CN(C)Cc1ccc(CSCCNN2C=CN(Nc3cccc(-c4csc(NC(=N)N)n4)c3)S2)o1. The second kappa shape index (κ2) is 12.2. The molecule has 3 aromatic rings. The summed E-state index contributed by atoms with van der Waals surface area (Å²) in [4.78, 5) is 6.58. The van der Waals surface area contributed by atoms with E-state index in [4.69, 9.17) is 15.6 Å². The molecule has 35 heavy (non-hydrogen) atoms. The molecule has 10 nitrogen and oxygen atoms in total. The average molecular weight is 532 g/mol. The summed E-state index contributed by atoms with van der Waals surface area (Å²) in [6.45, 7) is 1.67. The topological polar surface area (TPSA) is 122 Å². The van der Waals surface area contributed by atoms with E-state index in [0.29, 0.717) is 5.13 Å². The molecule has 0 aliphatic carbocycles. The summed E-state index contributed by atoms with van der Waals surface area (Å²) in [7, 11) is 4.07. The highest BCUT2D eigenvalue weighted by molar-refractivity contribution is 7.98. The van der Waals surface area contributed by atoms with Crippen LogP contribution in [0.15, 0.2) is 58.6 Å². The van der Waals surface area contributed by atoms with E-state index in [2.05, 4.69) is 38.2 Å². The lowest BCUT2D eigenvalue weighted by Crippen LogP contribution is -2.30. The van der Waals surface area contributed by atoms with Crippen molar-refractivity contribution in [2.24, 2.45) is 5.73 Å². The fourth-order valence-corrected chi connectivity index (χ4v) is 5.33. The maximum absolute atomic E-state index is 7.33. The molecule has 0 fully saturated rings. The van der Waals surface area contributed by atoms with Crippen LogP contribution in [-0.4, -0.2) is 51.1 Å². The van der Waals surface area contributed by atoms with Crippen LogP contribution in [0.5, 0.6) is 0 Å². The summed E-state index contributed by atoms with van der Waals surface area (Å²) in [5.41, 5.74) is 14.9. The van der Waals surface area contributed by atoms with Crippen LogP contribution in [0.25, 0.3) is 11.3 Å². The zero-order valence-electron chi connectivity index (χ0n) is 19.5. The number of guanidine groups is 1. The Morgan fingerprint density at radius 2 is 2.03 bits per heavy atom. The standard InChI is InChI=1S/C22H29N9OS3/c1-29(2)13-18-6-7-19(32-18)14-33-11-8-25-30-9-10-31(35-30)28-17-5-3-4-16(12-17)20-15-34-22(26-20)27-21(23)24/h3-7,9-10,12,15,25,28H,8,11,13-14H2,1-2H3,(H4,23,24,26,27). The number of thioether (sulfide) groups is 1. The molecule has 1 aliphatic heterocycles. The number of nitrogens with one attached hydrogen (secondary N) is 4. The molecule has 0 saturated carbocycles. The molecule has 1 aliphatic rings. The van der Waals surface area contributed by atoms with Gasteiger partial charge in [-0.2, -0.15) is 11.8 Å². The molecule has 6 N–H and O–H groups in total. The summed E-state index contributed by atoms with van der Waals surface area (Å²) in [6, 6.07) is 12.1. The van der Waals surface area contributed by atoms with Gasteiger partial charge in [-0.15, -0.1) is 11.3 Å². The van der Waals surface area contributed by atoms with Crippen LogP contribution in [0.3, 0.4) is 0 Å². The number of thiazole rings is 1. The van der Waals surface area contributed by atoms with Crippen molar-refractivity contribution in [1.29, 1.82) is 5.41 Å². The van der Waals surface area contributed by atoms with Crippen LogP contribution in [0.4, 0.5) is 10.8 Å². The van der Waals surface area contributed by atoms with Crippen molar-refractivity contribution in [2.75, 3.05) is 37.1 Å². The third kappa shape index (κ3) is 7.83. The smallest absolute Gasteiger partial charge is 0.192 e. The van der Waals surface area contributed by atoms with E-state index in [0.717, 1.165) is 53.1 Å². The first-order valence-electron chi connectivity index (χ1n) is 10.9. The van der Waals surface area contributed by atoms with E-state index >= 15 is 0 Å². The Hall–Kier alpha value is -2.84. The Balaban J connectivity index is 1.17. The Morgan fingerprint density at radius 3 is 2.86 bits per heavy atom. The van der Waals surface area contributed by atoms with Gasteiger partial charge in [0.25, 0.3) is 0 Å². The van der Waals surface area contributed by atoms with Gasteiger partial charge in [0.05, 0.1) is 29.9 Å². The number of hydrazine groups is 2. The number of rotatable bonds is 12. The van der Waals surface area contributed by atoms with Crippen molar-refractivity contribution in [3.63, 3.8) is 0 Å². The summed E-state index contributed by atoms with van der Waals surface area (Å²) < 4.78 is 9.76. The van der Waals surface area contributed by atoms with Crippen molar-refractivity contribution in [1.82, 2.24) is 24.1 Å². The minimum Gasteiger partial charge on any atom is -0.464 e. The van der Waals surface area contributed by atoms with Crippen LogP contribution < -0.4 is 21.9 Å². The van der Waals surface area contributed by atoms with E-state index in [1.807, 2.05) is 76.7 Å². The van der Waals surface area contributed by atoms with Gasteiger partial charge in [-0.05, 0) is 38.4 Å². The summed E-state index contributed by atoms with van der Waals surface area (Å²) >= 11 is 4.78. The second-order valence-corrected chi connectivity index (χ2v) is 10.8. The molecule has 0 spiro atoms. The second-order valence-electron chi connectivity index (χ2n) is 7.87. The lowest BCUT2D eigenvalue weighted by Gasteiger charge is -2.21. The molecule has 2 aromatic heterocycles. The largest absolute Gasteiger partial charge is 0.464 e. The van der Waals surface area contributed by atoms with Crippen LogP contribution in [0.1, 0.15) is 11.5 Å². The van der Waals surface area contributed by atoms with Gasteiger partial charge in [-0.25, -0.2) is 19.2 Å². The maximum atomic E-state index is 7.33. The number of hydrogen-bond donors (Lipinski definition) is 5. The highest BCUT2D eigenvalue weighted by Crippen LogP contribution is 2.29. The predicted octanol–water partition coefficient (Wildman–Crippen LogP) is 4.19. The number of anilines is 2. The Kier molecular flexibility index (Phi) is 8.82. The summed E-state index contributed by atoms with van der Waals surface area (Å²) in [6.07, 6.45) is 3.94. The van der Waals surface area contributed by atoms with Gasteiger partial charge in [0.1, 0.15) is 23.7 Å². The molecule has 0 atom stereocenters. The minimum absolute atomic E-state index is 0.123. The number of furan rings is 1. The minimum atomic E-state index is -0.123. The van der Waals surface area contributed by atoms with Gasteiger partial charge in [0.2, 0.25) is 0 Å². The molecule has 0 radical (unpaired) electrons. The first-order valence-corrected chi connectivity index (χ1v) is 13.6. The van der Waals surface area contributed by atoms with Gasteiger partial charge in [-0.3, -0.25) is 10.8 Å². The Labute approximate surface area is 217 Å². The fourth-order valence-electron chi connectivity index (χ4n) is 3.16. The van der Waals surface area contributed by atoms with Crippen molar-refractivity contribution < 1.29 is 4.42 Å². The Bertz CT molecular complexity index is 1150. The van der Waals surface area contributed by atoms with Crippen LogP contribution >= 0.6 is 35.2 Å². The zero-order chi connectivity index (χ0) is 24.6. The van der Waals surface area contributed by atoms with Crippen LogP contribution in [0.2, 0.25) is 0 Å². The third-order valence-electron chi connectivity index (χ3n) is 4.60. The van der Waals surface area contributed by atoms with E-state index in [-0.39, 0.29) is 5.96 Å². The molecule has 0 unspecified atom stereocenters. The lowest BCUT2D eigenvalue weighted by molar-refractivity contribution is 0.344. The molecule has 0 amide bonds.